The Morgan fingerprint density at radius 3 is 2.47 bits per heavy atom. The Labute approximate surface area is 174 Å². The first-order valence-corrected chi connectivity index (χ1v) is 10.2. The monoisotopic (exact) mass is 426 g/mol. The molecule has 1 unspecified atom stereocenters. The fourth-order valence-corrected chi connectivity index (χ4v) is 3.86. The number of rotatable bonds is 5. The lowest BCUT2D eigenvalue weighted by atomic mass is 10.2. The Hall–Kier alpha value is -2.49. The number of carbonyl (C=O) groups is 1. The van der Waals surface area contributed by atoms with E-state index >= 15 is 0 Å². The number of nitrogens with zero attached hydrogens (tertiary/aromatic N) is 4. The molecule has 2 aliphatic rings. The summed E-state index contributed by atoms with van der Waals surface area (Å²) in [5.41, 5.74) is 1.16. The van der Waals surface area contributed by atoms with E-state index in [-0.39, 0.29) is 18.5 Å². The SMILES string of the molecule is CN=C(NCC(=O)N1CCN(c2ccccc2)CC1)NC1CCN(CC(F)(F)F)C1. The molecule has 7 nitrogen and oxygen atoms in total. The van der Waals surface area contributed by atoms with Crippen LogP contribution < -0.4 is 15.5 Å². The van der Waals surface area contributed by atoms with Crippen molar-refractivity contribution in [1.29, 1.82) is 0 Å². The second kappa shape index (κ2) is 10.0. The number of amides is 1. The maximum absolute atomic E-state index is 12.5. The van der Waals surface area contributed by atoms with Crippen molar-refractivity contribution < 1.29 is 18.0 Å². The first kappa shape index (κ1) is 22.2. The van der Waals surface area contributed by atoms with Crippen LogP contribution in [0, 0.1) is 0 Å². The van der Waals surface area contributed by atoms with Gasteiger partial charge in [0.25, 0.3) is 0 Å². The zero-order valence-corrected chi connectivity index (χ0v) is 17.2. The van der Waals surface area contributed by atoms with E-state index in [2.05, 4.69) is 32.7 Å². The fourth-order valence-electron chi connectivity index (χ4n) is 3.86. The summed E-state index contributed by atoms with van der Waals surface area (Å²) < 4.78 is 37.6. The normalized spacial score (nSPS) is 21.1. The molecular formula is C20H29F3N6O. The van der Waals surface area contributed by atoms with Gasteiger partial charge in [0.15, 0.2) is 5.96 Å². The molecule has 0 radical (unpaired) electrons. The lowest BCUT2D eigenvalue weighted by molar-refractivity contribution is -0.143. The van der Waals surface area contributed by atoms with Crippen LogP contribution in [0.3, 0.4) is 0 Å². The molecule has 1 amide bonds. The van der Waals surface area contributed by atoms with Gasteiger partial charge >= 0.3 is 6.18 Å². The molecule has 0 spiro atoms. The lowest BCUT2D eigenvalue weighted by Gasteiger charge is -2.36. The number of nitrogens with one attached hydrogen (secondary N) is 2. The van der Waals surface area contributed by atoms with Crippen molar-refractivity contribution in [3.05, 3.63) is 30.3 Å². The summed E-state index contributed by atoms with van der Waals surface area (Å²) >= 11 is 0. The van der Waals surface area contributed by atoms with E-state index in [4.69, 9.17) is 0 Å². The van der Waals surface area contributed by atoms with Gasteiger partial charge in [-0.1, -0.05) is 18.2 Å². The van der Waals surface area contributed by atoms with Crippen molar-refractivity contribution >= 4 is 17.6 Å². The minimum absolute atomic E-state index is 0.0178. The van der Waals surface area contributed by atoms with Crippen LogP contribution in [0.2, 0.25) is 0 Å². The molecule has 0 aromatic heterocycles. The number of hydrogen-bond donors (Lipinski definition) is 2. The number of aliphatic imine (C=N–C) groups is 1. The van der Waals surface area contributed by atoms with Gasteiger partial charge in [-0.25, -0.2) is 0 Å². The molecule has 0 bridgehead atoms. The number of halogens is 3. The summed E-state index contributed by atoms with van der Waals surface area (Å²) in [6.45, 7) is 2.75. The van der Waals surface area contributed by atoms with Crippen molar-refractivity contribution in [2.24, 2.45) is 4.99 Å². The predicted molar refractivity (Wildman–Crippen MR) is 111 cm³/mol. The Morgan fingerprint density at radius 2 is 1.83 bits per heavy atom. The molecule has 166 valence electrons. The molecule has 1 aromatic carbocycles. The Bertz CT molecular complexity index is 719. The van der Waals surface area contributed by atoms with Crippen LogP contribution in [0.5, 0.6) is 0 Å². The molecule has 10 heteroatoms. The molecule has 30 heavy (non-hydrogen) atoms. The minimum Gasteiger partial charge on any atom is -0.368 e. The summed E-state index contributed by atoms with van der Waals surface area (Å²) in [4.78, 5) is 22.1. The fraction of sp³-hybridized carbons (Fsp3) is 0.600. The third kappa shape index (κ3) is 6.51. The highest BCUT2D eigenvalue weighted by Crippen LogP contribution is 2.20. The molecule has 2 saturated heterocycles. The molecule has 0 aliphatic carbocycles. The predicted octanol–water partition coefficient (Wildman–Crippen LogP) is 1.14. The molecule has 3 rings (SSSR count). The molecule has 2 fully saturated rings. The van der Waals surface area contributed by atoms with Crippen LogP contribution in [0.25, 0.3) is 0 Å². The number of likely N-dealkylation sites (tertiary alicyclic amines) is 1. The summed E-state index contributed by atoms with van der Waals surface area (Å²) in [5, 5.41) is 6.11. The first-order chi connectivity index (χ1) is 14.3. The number of para-hydroxylation sites is 1. The van der Waals surface area contributed by atoms with Crippen LogP contribution >= 0.6 is 0 Å². The van der Waals surface area contributed by atoms with Gasteiger partial charge in [-0.05, 0) is 18.6 Å². The van der Waals surface area contributed by atoms with Crippen LogP contribution in [-0.2, 0) is 4.79 Å². The summed E-state index contributed by atoms with van der Waals surface area (Å²) in [6.07, 6.45) is -3.59. The van der Waals surface area contributed by atoms with E-state index in [1.54, 1.807) is 7.05 Å². The van der Waals surface area contributed by atoms with Crippen molar-refractivity contribution in [3.63, 3.8) is 0 Å². The third-order valence-electron chi connectivity index (χ3n) is 5.40. The smallest absolute Gasteiger partial charge is 0.368 e. The second-order valence-electron chi connectivity index (χ2n) is 7.61. The Balaban J connectivity index is 1.39. The average molecular weight is 426 g/mol. The number of hydrogen-bond acceptors (Lipinski definition) is 4. The third-order valence-corrected chi connectivity index (χ3v) is 5.40. The van der Waals surface area contributed by atoms with Gasteiger partial charge in [0.05, 0.1) is 13.1 Å². The van der Waals surface area contributed by atoms with Crippen LogP contribution in [0.1, 0.15) is 6.42 Å². The highest BCUT2D eigenvalue weighted by molar-refractivity contribution is 5.86. The van der Waals surface area contributed by atoms with Gasteiger partial charge in [0, 0.05) is 58.0 Å². The Kier molecular flexibility index (Phi) is 7.41. The van der Waals surface area contributed by atoms with E-state index in [0.717, 1.165) is 18.8 Å². The van der Waals surface area contributed by atoms with Gasteiger partial charge in [-0.3, -0.25) is 14.7 Å². The molecule has 0 saturated carbocycles. The largest absolute Gasteiger partial charge is 0.401 e. The molecule has 1 atom stereocenters. The number of guanidine groups is 1. The van der Waals surface area contributed by atoms with E-state index < -0.39 is 12.7 Å². The van der Waals surface area contributed by atoms with Gasteiger partial charge < -0.3 is 20.4 Å². The van der Waals surface area contributed by atoms with Crippen LogP contribution in [-0.4, -0.2) is 93.3 Å². The highest BCUT2D eigenvalue weighted by Gasteiger charge is 2.34. The maximum atomic E-state index is 12.5. The lowest BCUT2D eigenvalue weighted by Crippen LogP contribution is -2.53. The van der Waals surface area contributed by atoms with Crippen LogP contribution in [0.4, 0.5) is 18.9 Å². The van der Waals surface area contributed by atoms with Gasteiger partial charge in [0.1, 0.15) is 0 Å². The van der Waals surface area contributed by atoms with Gasteiger partial charge in [0.2, 0.25) is 5.91 Å². The number of piperazine rings is 1. The minimum atomic E-state index is -4.19. The second-order valence-corrected chi connectivity index (χ2v) is 7.61. The first-order valence-electron chi connectivity index (χ1n) is 10.2. The van der Waals surface area contributed by atoms with Crippen molar-refractivity contribution in [2.75, 3.05) is 64.3 Å². The number of anilines is 1. The van der Waals surface area contributed by atoms with E-state index in [1.807, 2.05) is 23.1 Å². The number of carbonyl (C=O) groups excluding carboxylic acids is 1. The van der Waals surface area contributed by atoms with Crippen molar-refractivity contribution in [2.45, 2.75) is 18.6 Å². The standard InChI is InChI=1S/C20H29F3N6O/c1-24-19(26-16-7-8-27(14-16)15-20(21,22)23)25-13-18(30)29-11-9-28(10-12-29)17-5-3-2-4-6-17/h2-6,16H,7-15H2,1H3,(H2,24,25,26). The topological polar surface area (TPSA) is 63.2 Å². The average Bonchev–Trinajstić information content (AvgIpc) is 3.16. The zero-order chi connectivity index (χ0) is 21.6. The van der Waals surface area contributed by atoms with Gasteiger partial charge in [-0.2, -0.15) is 13.2 Å². The number of alkyl halides is 3. The van der Waals surface area contributed by atoms with E-state index in [0.29, 0.717) is 38.6 Å². The van der Waals surface area contributed by atoms with Crippen molar-refractivity contribution in [1.82, 2.24) is 20.4 Å². The molecular weight excluding hydrogens is 397 g/mol. The van der Waals surface area contributed by atoms with Gasteiger partial charge in [-0.15, -0.1) is 0 Å². The quantitative estimate of drug-likeness (QED) is 0.546. The zero-order valence-electron chi connectivity index (χ0n) is 17.2. The molecule has 2 N–H and O–H groups in total. The summed E-state index contributed by atoms with van der Waals surface area (Å²) in [6, 6.07) is 9.99. The van der Waals surface area contributed by atoms with E-state index in [9.17, 15) is 18.0 Å². The molecule has 2 heterocycles. The van der Waals surface area contributed by atoms with Crippen LogP contribution in [0.15, 0.2) is 35.3 Å². The number of benzene rings is 1. The summed E-state index contributed by atoms with van der Waals surface area (Å²) in [5.74, 6) is 0.418. The summed E-state index contributed by atoms with van der Waals surface area (Å²) in [7, 11) is 1.58. The highest BCUT2D eigenvalue weighted by atomic mass is 19.4. The molecule has 1 aromatic rings. The van der Waals surface area contributed by atoms with Crippen molar-refractivity contribution in [3.8, 4) is 0 Å². The Morgan fingerprint density at radius 1 is 1.13 bits per heavy atom. The van der Waals surface area contributed by atoms with E-state index in [1.165, 1.54) is 4.90 Å². The molecule has 2 aliphatic heterocycles. The maximum Gasteiger partial charge on any atom is 0.401 e.